The summed E-state index contributed by atoms with van der Waals surface area (Å²) < 4.78 is 87.8. The van der Waals surface area contributed by atoms with Gasteiger partial charge in [0, 0.05) is 41.1 Å². The highest BCUT2D eigenvalue weighted by Crippen LogP contribution is 2.56. The third-order valence-electron chi connectivity index (χ3n) is 10.6. The number of rotatable bonds is 23. The molecular weight excluding hydrogens is 814 g/mol. The number of fused-ring (bicyclic) bond motifs is 2. The highest BCUT2D eigenvalue weighted by molar-refractivity contribution is 7.85. The van der Waals surface area contributed by atoms with Gasteiger partial charge in [-0.3, -0.25) is 9.13 Å². The van der Waals surface area contributed by atoms with Gasteiger partial charge in [0.15, 0.2) is 12.3 Å². The molecule has 328 valence electrons. The van der Waals surface area contributed by atoms with Crippen molar-refractivity contribution in [3.63, 3.8) is 0 Å². The van der Waals surface area contributed by atoms with Gasteiger partial charge in [0.2, 0.25) is 5.69 Å². The Balaban J connectivity index is 0.00000930. The Labute approximate surface area is 351 Å². The van der Waals surface area contributed by atoms with Gasteiger partial charge in [0.25, 0.3) is 0 Å². The minimum atomic E-state index is -4.78. The SMILES string of the molecule is CCOP(=O)(CC[C@@]1(C)C(C=CC=CC=CC=C2N(CCO)c3ccc(C)cc3[C@]2(C)CCP(=O)(OCC)OCC)=[N+](CCO)c2ccc(S(=O)(=O)[O-])cc21)OCC.[CH3-]. The Bertz CT molecular complexity index is 2110. The van der Waals surface area contributed by atoms with Crippen molar-refractivity contribution in [1.82, 2.24) is 0 Å². The summed E-state index contributed by atoms with van der Waals surface area (Å²) in [6.45, 7) is 14.3. The number of benzene rings is 2. The molecular formula is C43H63N2O11P2S-. The number of aliphatic hydroxyl groups excluding tert-OH is 2. The van der Waals surface area contributed by atoms with Crippen molar-refractivity contribution >= 4 is 42.4 Å². The summed E-state index contributed by atoms with van der Waals surface area (Å²) in [7, 11) is -11.6. The first-order chi connectivity index (χ1) is 27.5. The molecule has 0 bridgehead atoms. The third kappa shape index (κ3) is 11.7. The van der Waals surface area contributed by atoms with Gasteiger partial charge in [-0.1, -0.05) is 48.1 Å². The van der Waals surface area contributed by atoms with Gasteiger partial charge in [-0.2, -0.15) is 4.58 Å². The first-order valence-corrected chi connectivity index (χ1v) is 24.7. The van der Waals surface area contributed by atoms with E-state index in [1.807, 2.05) is 67.0 Å². The van der Waals surface area contributed by atoms with Crippen molar-refractivity contribution in [3.8, 4) is 0 Å². The fourth-order valence-electron chi connectivity index (χ4n) is 7.89. The van der Waals surface area contributed by atoms with Gasteiger partial charge in [-0.15, -0.1) is 0 Å². The Morgan fingerprint density at radius 2 is 1.34 bits per heavy atom. The second-order valence-electron chi connectivity index (χ2n) is 14.5. The molecule has 0 radical (unpaired) electrons. The zero-order valence-electron chi connectivity index (χ0n) is 35.8. The van der Waals surface area contributed by atoms with E-state index in [4.69, 9.17) is 18.1 Å². The molecule has 16 heteroatoms. The lowest BCUT2D eigenvalue weighted by atomic mass is 9.77. The van der Waals surface area contributed by atoms with E-state index in [0.29, 0.717) is 29.9 Å². The number of allylic oxidation sites excluding steroid dienone is 8. The molecule has 13 nitrogen and oxygen atoms in total. The lowest BCUT2D eigenvalue weighted by Gasteiger charge is -2.31. The van der Waals surface area contributed by atoms with Crippen LogP contribution < -0.4 is 4.90 Å². The molecule has 0 aliphatic carbocycles. The minimum Gasteiger partial charge on any atom is -0.744 e. The summed E-state index contributed by atoms with van der Waals surface area (Å²) in [4.78, 5) is 1.72. The fraction of sp³-hybridized carbons (Fsp3) is 0.488. The molecule has 0 saturated heterocycles. The van der Waals surface area contributed by atoms with Crippen LogP contribution in [-0.2, 0) is 48.2 Å². The van der Waals surface area contributed by atoms with Crippen LogP contribution in [0.5, 0.6) is 0 Å². The molecule has 0 unspecified atom stereocenters. The summed E-state index contributed by atoms with van der Waals surface area (Å²) in [6.07, 6.45) is 14.1. The van der Waals surface area contributed by atoms with Gasteiger partial charge in [-0.25, -0.2) is 8.42 Å². The number of β-amino-alcohol motifs (C(OH)–C–C–N with tert-alkyl or cyclic N) is 2. The number of hydrogen-bond donors (Lipinski definition) is 2. The van der Waals surface area contributed by atoms with E-state index in [1.54, 1.807) is 33.8 Å². The van der Waals surface area contributed by atoms with Crippen LogP contribution in [0.25, 0.3) is 0 Å². The van der Waals surface area contributed by atoms with Crippen LogP contribution in [0.4, 0.5) is 11.4 Å². The Morgan fingerprint density at radius 3 is 1.88 bits per heavy atom. The molecule has 2 aromatic rings. The molecule has 0 amide bonds. The van der Waals surface area contributed by atoms with Gasteiger partial charge in [-0.05, 0) is 91.1 Å². The lowest BCUT2D eigenvalue weighted by Crippen LogP contribution is -2.33. The normalized spacial score (nSPS) is 20.4. The van der Waals surface area contributed by atoms with E-state index in [0.717, 1.165) is 22.5 Å². The van der Waals surface area contributed by atoms with Crippen LogP contribution in [0.15, 0.2) is 89.5 Å². The summed E-state index contributed by atoms with van der Waals surface area (Å²) in [6, 6.07) is 10.4. The summed E-state index contributed by atoms with van der Waals surface area (Å²) in [5, 5.41) is 20.2. The van der Waals surface area contributed by atoms with Crippen molar-refractivity contribution in [2.45, 2.75) is 77.0 Å². The smallest absolute Gasteiger partial charge is 0.330 e. The first kappa shape index (κ1) is 50.4. The van der Waals surface area contributed by atoms with Gasteiger partial charge < -0.3 is 45.2 Å². The van der Waals surface area contributed by atoms with Gasteiger partial charge >= 0.3 is 15.2 Å². The number of hydrogen-bond acceptors (Lipinski definition) is 12. The lowest BCUT2D eigenvalue weighted by molar-refractivity contribution is -0.441. The molecule has 2 atom stereocenters. The number of nitrogens with zero attached hydrogens (tertiary/aromatic N) is 2. The van der Waals surface area contributed by atoms with Crippen LogP contribution in [0.3, 0.4) is 0 Å². The molecule has 2 aliphatic heterocycles. The van der Waals surface area contributed by atoms with E-state index >= 15 is 0 Å². The topological polar surface area (TPSA) is 175 Å². The molecule has 2 heterocycles. The van der Waals surface area contributed by atoms with Crippen LogP contribution in [0, 0.1) is 14.4 Å². The molecule has 59 heavy (non-hydrogen) atoms. The molecule has 0 aromatic heterocycles. The van der Waals surface area contributed by atoms with Gasteiger partial charge in [0.1, 0.15) is 16.7 Å². The Kier molecular flexibility index (Phi) is 18.5. The van der Waals surface area contributed by atoms with E-state index in [1.165, 1.54) is 12.1 Å². The summed E-state index contributed by atoms with van der Waals surface area (Å²) in [5.41, 5.74) is 4.45. The van der Waals surface area contributed by atoms with Crippen LogP contribution >= 0.6 is 15.2 Å². The van der Waals surface area contributed by atoms with E-state index in [9.17, 15) is 32.3 Å². The van der Waals surface area contributed by atoms with Crippen molar-refractivity contribution < 1.29 is 55.0 Å². The summed E-state index contributed by atoms with van der Waals surface area (Å²) >= 11 is 0. The zero-order chi connectivity index (χ0) is 42.8. The fourth-order valence-corrected chi connectivity index (χ4v) is 12.1. The average molecular weight is 878 g/mol. The van der Waals surface area contributed by atoms with Crippen molar-refractivity contribution in [2.24, 2.45) is 0 Å². The average Bonchev–Trinajstić information content (AvgIpc) is 3.53. The molecule has 4 rings (SSSR count). The van der Waals surface area contributed by atoms with Crippen molar-refractivity contribution in [2.75, 3.05) is 70.0 Å². The van der Waals surface area contributed by atoms with Crippen molar-refractivity contribution in [3.05, 3.63) is 109 Å². The maximum atomic E-state index is 13.6. The van der Waals surface area contributed by atoms with Crippen LogP contribution in [-0.4, -0.2) is 98.5 Å². The number of anilines is 1. The van der Waals surface area contributed by atoms with E-state index in [-0.39, 0.29) is 77.3 Å². The predicted molar refractivity (Wildman–Crippen MR) is 234 cm³/mol. The highest BCUT2D eigenvalue weighted by Gasteiger charge is 2.49. The maximum Gasteiger partial charge on any atom is 0.330 e. The molecule has 2 aliphatic rings. The largest absolute Gasteiger partial charge is 0.744 e. The second kappa shape index (κ2) is 21.7. The highest BCUT2D eigenvalue weighted by atomic mass is 32.2. The molecule has 0 spiro atoms. The van der Waals surface area contributed by atoms with Gasteiger partial charge in [0.05, 0.1) is 55.7 Å². The minimum absolute atomic E-state index is 0. The Morgan fingerprint density at radius 1 is 0.780 bits per heavy atom. The number of aliphatic hydroxyl groups is 2. The van der Waals surface area contributed by atoms with E-state index < -0.39 is 36.1 Å². The summed E-state index contributed by atoms with van der Waals surface area (Å²) in [5.74, 6) is 0. The molecule has 0 fully saturated rings. The molecule has 2 N–H and O–H groups in total. The number of aryl methyl sites for hydroxylation is 1. The third-order valence-corrected chi connectivity index (χ3v) is 15.5. The molecule has 0 saturated carbocycles. The Hall–Kier alpha value is -3.00. The quantitative estimate of drug-likeness (QED) is 0.0360. The standard InChI is InChI=1S/C42H60N2O11P2S.CH3/c1-8-52-56(47,53-9-2)29-23-41(6)35-31-33(5)19-21-37(35)43(25-27-45)39(41)17-15-13-12-14-16-18-40-42(7,24-30-57(48,54-10-3)55-11-4)36-32-34(58(49,50)51)20-22-38(36)44(40)26-28-46;/h12-22,31-32,45-46H,8-11,23-30H2,1-7H3;1H3/q;-1/t41-,42+;/m0./s1. The first-order valence-electron chi connectivity index (χ1n) is 19.8. The maximum absolute atomic E-state index is 13.6. The van der Waals surface area contributed by atoms with Crippen molar-refractivity contribution in [1.29, 1.82) is 0 Å². The monoisotopic (exact) mass is 877 g/mol. The van der Waals surface area contributed by atoms with E-state index in [2.05, 4.69) is 24.0 Å². The second-order valence-corrected chi connectivity index (χ2v) is 20.2. The molecule has 2 aromatic carbocycles. The predicted octanol–water partition coefficient (Wildman–Crippen LogP) is 8.33. The van der Waals surface area contributed by atoms with Crippen LogP contribution in [0.1, 0.15) is 71.1 Å². The zero-order valence-corrected chi connectivity index (χ0v) is 38.4. The van der Waals surface area contributed by atoms with Crippen LogP contribution in [0.2, 0.25) is 0 Å².